The zero-order valence-corrected chi connectivity index (χ0v) is 34.1. The van der Waals surface area contributed by atoms with E-state index < -0.39 is 29.6 Å². The molecule has 1 aliphatic carbocycles. The molecular weight excluding hydrogens is 737 g/mol. The predicted molar refractivity (Wildman–Crippen MR) is 221 cm³/mol. The van der Waals surface area contributed by atoms with Crippen LogP contribution < -0.4 is 10.1 Å². The Balaban J connectivity index is 1.18. The number of thiazole rings is 1. The number of hydrogen-bond acceptors (Lipinski definition) is 10. The van der Waals surface area contributed by atoms with Gasteiger partial charge in [0.2, 0.25) is 17.7 Å². The standard InChI is InChI=1S/C44H50N8O4S/c1-6-44-23-29(44)16-10-8-7-9-11-20-34(48-38(53)28-24-45-27(2)46-25-28)41(54)51-26-30(22-35(51)42(55)52(44)43(3,4)5)56-39-37(47-31-17-12-13-18-32(31)49-39)40-50-33-19-14-15-21-36(33)57-40/h10,12-19,21,24-25,29-30,34-35H,6-9,11,20,22-23,26H2,1-5H3,(H,48,53)/b16-10-/t29-,30-,34+,35+,44-/m1/s1. The molecule has 0 spiro atoms. The molecule has 2 fully saturated rings. The zero-order chi connectivity index (χ0) is 39.9. The molecule has 1 saturated carbocycles. The molecule has 3 amide bonds. The smallest absolute Gasteiger partial charge is 0.255 e. The molecule has 5 heterocycles. The number of aryl methyl sites for hydroxylation is 1. The third-order valence-corrected chi connectivity index (χ3v) is 12.6. The van der Waals surface area contributed by atoms with E-state index in [0.717, 1.165) is 48.7 Å². The van der Waals surface area contributed by atoms with E-state index in [9.17, 15) is 9.59 Å². The number of nitrogens with zero attached hydrogens (tertiary/aromatic N) is 7. The van der Waals surface area contributed by atoms with Gasteiger partial charge in [0.05, 0.1) is 38.9 Å². The molecule has 2 aromatic carbocycles. The van der Waals surface area contributed by atoms with Gasteiger partial charge in [0.1, 0.15) is 29.0 Å². The minimum atomic E-state index is -0.871. The normalized spacial score (nSPS) is 25.1. The number of hydrogen-bond donors (Lipinski definition) is 1. The molecule has 8 rings (SSSR count). The highest BCUT2D eigenvalue weighted by Crippen LogP contribution is 2.55. The first kappa shape index (κ1) is 38.6. The first-order chi connectivity index (χ1) is 27.4. The summed E-state index contributed by atoms with van der Waals surface area (Å²) in [6.07, 6.45) is 12.8. The number of para-hydroxylation sites is 3. The zero-order valence-electron chi connectivity index (χ0n) is 33.3. The minimum Gasteiger partial charge on any atom is -0.471 e. The number of benzene rings is 2. The molecule has 0 radical (unpaired) electrons. The van der Waals surface area contributed by atoms with Crippen LogP contribution in [-0.4, -0.2) is 88.3 Å². The molecule has 3 aromatic heterocycles. The summed E-state index contributed by atoms with van der Waals surface area (Å²) in [6.45, 7) is 10.3. The second-order valence-corrected chi connectivity index (χ2v) is 17.6. The third-order valence-electron chi connectivity index (χ3n) is 11.6. The molecule has 5 atom stereocenters. The Morgan fingerprint density at radius 2 is 1.67 bits per heavy atom. The second-order valence-electron chi connectivity index (χ2n) is 16.6. The SMILES string of the molecule is CC[C@@]12C[C@H]1/C=C\CCCCC[C@H](NC(=O)c1cnc(C)nc1)C(=O)N1C[C@H](Oc3nc4ccccc4nc3-c3nc4ccccc4s3)C[C@H]1C(=O)N2C(C)(C)C. The van der Waals surface area contributed by atoms with E-state index in [4.69, 9.17) is 19.7 Å². The summed E-state index contributed by atoms with van der Waals surface area (Å²) in [5.41, 5.74) is 2.12. The summed E-state index contributed by atoms with van der Waals surface area (Å²) in [5, 5.41) is 3.68. The van der Waals surface area contributed by atoms with Crippen molar-refractivity contribution in [3.63, 3.8) is 0 Å². The molecule has 1 saturated heterocycles. The van der Waals surface area contributed by atoms with Gasteiger partial charge in [0.15, 0.2) is 5.69 Å². The van der Waals surface area contributed by atoms with Gasteiger partial charge in [-0.15, -0.1) is 11.3 Å². The fraction of sp³-hybridized carbons (Fsp3) is 0.455. The molecule has 0 bridgehead atoms. The average molecular weight is 787 g/mol. The van der Waals surface area contributed by atoms with Crippen molar-refractivity contribution in [2.45, 2.75) is 115 Å². The highest BCUT2D eigenvalue weighted by molar-refractivity contribution is 7.21. The molecular formula is C44H50N8O4S. The monoisotopic (exact) mass is 786 g/mol. The number of aromatic nitrogens is 5. The summed E-state index contributed by atoms with van der Waals surface area (Å²) in [4.78, 5) is 70.9. The van der Waals surface area contributed by atoms with Crippen LogP contribution in [0.25, 0.3) is 32.0 Å². The van der Waals surface area contributed by atoms with Crippen molar-refractivity contribution < 1.29 is 19.1 Å². The lowest BCUT2D eigenvalue weighted by molar-refractivity contribution is -0.151. The molecule has 1 N–H and O–H groups in total. The molecule has 5 aromatic rings. The summed E-state index contributed by atoms with van der Waals surface area (Å²) in [6, 6.07) is 13.9. The minimum absolute atomic E-state index is 0.109. The van der Waals surface area contributed by atoms with Crippen LogP contribution in [0.4, 0.5) is 0 Å². The van der Waals surface area contributed by atoms with Crippen molar-refractivity contribution in [3.8, 4) is 16.6 Å². The molecule has 3 aliphatic rings. The van der Waals surface area contributed by atoms with E-state index in [1.807, 2.05) is 48.5 Å². The van der Waals surface area contributed by atoms with Crippen LogP contribution in [0.1, 0.15) is 95.2 Å². The maximum absolute atomic E-state index is 15.3. The highest BCUT2D eigenvalue weighted by atomic mass is 32.1. The third kappa shape index (κ3) is 7.73. The Labute approximate surface area is 337 Å². The largest absolute Gasteiger partial charge is 0.471 e. The van der Waals surface area contributed by atoms with E-state index in [1.54, 1.807) is 11.8 Å². The van der Waals surface area contributed by atoms with Crippen molar-refractivity contribution in [1.29, 1.82) is 0 Å². The lowest BCUT2D eigenvalue weighted by Gasteiger charge is -2.45. The van der Waals surface area contributed by atoms with Crippen LogP contribution in [0, 0.1) is 12.8 Å². The Kier molecular flexibility index (Phi) is 10.5. The number of carbonyl (C=O) groups is 3. The molecule has 57 heavy (non-hydrogen) atoms. The summed E-state index contributed by atoms with van der Waals surface area (Å²) in [5.74, 6) is 0.233. The van der Waals surface area contributed by atoms with Gasteiger partial charge in [-0.25, -0.2) is 24.9 Å². The first-order valence-corrected chi connectivity index (χ1v) is 21.0. The topological polar surface area (TPSA) is 143 Å². The maximum atomic E-state index is 15.3. The van der Waals surface area contributed by atoms with Crippen LogP contribution in [0.2, 0.25) is 0 Å². The number of rotatable bonds is 6. The molecule has 2 aliphatic heterocycles. The Hall–Kier alpha value is -5.30. The van der Waals surface area contributed by atoms with Crippen molar-refractivity contribution in [1.82, 2.24) is 40.0 Å². The van der Waals surface area contributed by atoms with Crippen molar-refractivity contribution >= 4 is 50.3 Å². The predicted octanol–water partition coefficient (Wildman–Crippen LogP) is 7.47. The van der Waals surface area contributed by atoms with Gasteiger partial charge >= 0.3 is 0 Å². The maximum Gasteiger partial charge on any atom is 0.255 e. The number of allylic oxidation sites excluding steroid dienone is 1. The van der Waals surface area contributed by atoms with Gasteiger partial charge in [0, 0.05) is 30.3 Å². The first-order valence-electron chi connectivity index (χ1n) is 20.2. The van der Waals surface area contributed by atoms with Gasteiger partial charge in [0.25, 0.3) is 5.91 Å². The second kappa shape index (κ2) is 15.6. The van der Waals surface area contributed by atoms with Crippen LogP contribution in [0.3, 0.4) is 0 Å². The van der Waals surface area contributed by atoms with Gasteiger partial charge in [-0.2, -0.15) is 0 Å². The van der Waals surface area contributed by atoms with Crippen molar-refractivity contribution in [2.24, 2.45) is 5.92 Å². The number of carbonyl (C=O) groups excluding carboxylic acids is 3. The van der Waals surface area contributed by atoms with E-state index in [0.29, 0.717) is 39.9 Å². The number of amides is 3. The lowest BCUT2D eigenvalue weighted by Crippen LogP contribution is -2.60. The van der Waals surface area contributed by atoms with E-state index in [2.05, 4.69) is 60.0 Å². The summed E-state index contributed by atoms with van der Waals surface area (Å²) in [7, 11) is 0. The van der Waals surface area contributed by atoms with Crippen LogP contribution in [0.5, 0.6) is 5.88 Å². The number of fused-ring (bicyclic) bond motifs is 4. The molecule has 0 unspecified atom stereocenters. The van der Waals surface area contributed by atoms with Gasteiger partial charge < -0.3 is 19.9 Å². The van der Waals surface area contributed by atoms with E-state index >= 15 is 4.79 Å². The van der Waals surface area contributed by atoms with Crippen molar-refractivity contribution in [3.05, 3.63) is 84.5 Å². The number of ether oxygens (including phenoxy) is 1. The van der Waals surface area contributed by atoms with Gasteiger partial charge in [-0.05, 0) is 84.1 Å². The lowest BCUT2D eigenvalue weighted by atomic mass is 9.95. The summed E-state index contributed by atoms with van der Waals surface area (Å²) < 4.78 is 7.84. The fourth-order valence-electron chi connectivity index (χ4n) is 8.71. The Morgan fingerprint density at radius 1 is 0.947 bits per heavy atom. The Bertz CT molecular complexity index is 2310. The van der Waals surface area contributed by atoms with E-state index in [-0.39, 0.29) is 41.8 Å². The van der Waals surface area contributed by atoms with E-state index in [1.165, 1.54) is 23.7 Å². The van der Waals surface area contributed by atoms with Gasteiger partial charge in [-0.3, -0.25) is 14.4 Å². The van der Waals surface area contributed by atoms with Gasteiger partial charge in [-0.1, -0.05) is 56.2 Å². The fourth-order valence-corrected chi connectivity index (χ4v) is 9.66. The molecule has 13 heteroatoms. The molecule has 296 valence electrons. The Morgan fingerprint density at radius 3 is 2.39 bits per heavy atom. The quantitative estimate of drug-likeness (QED) is 0.174. The number of nitrogens with one attached hydrogen (secondary N) is 1. The van der Waals surface area contributed by atoms with Crippen molar-refractivity contribution in [2.75, 3.05) is 6.54 Å². The van der Waals surface area contributed by atoms with Crippen LogP contribution in [-0.2, 0) is 9.59 Å². The highest BCUT2D eigenvalue weighted by Gasteiger charge is 2.61. The molecule has 12 nitrogen and oxygen atoms in total. The van der Waals surface area contributed by atoms with Crippen LogP contribution in [0.15, 0.2) is 73.1 Å². The average Bonchev–Trinajstić information content (AvgIpc) is 3.48. The van der Waals surface area contributed by atoms with Crippen LogP contribution >= 0.6 is 11.3 Å². The summed E-state index contributed by atoms with van der Waals surface area (Å²) >= 11 is 1.51.